The fraction of sp³-hybridized carbons (Fsp3) is 0.100. The van der Waals surface area contributed by atoms with Crippen LogP contribution in [0.4, 0.5) is 8.78 Å². The number of hydrogen-bond donors (Lipinski definition) is 0. The van der Waals surface area contributed by atoms with Crippen molar-refractivity contribution in [2.75, 3.05) is 14.2 Å². The Bertz CT molecular complexity index is 768. The predicted molar refractivity (Wildman–Crippen MR) is 90.3 cm³/mol. The monoisotopic (exact) mass is 326 g/mol. The van der Waals surface area contributed by atoms with Crippen LogP contribution in [0, 0.1) is 11.6 Å². The summed E-state index contributed by atoms with van der Waals surface area (Å²) in [5.41, 5.74) is 3.35. The van der Waals surface area contributed by atoms with E-state index in [1.54, 1.807) is 38.5 Å². The first kappa shape index (κ1) is 16.0. The molecule has 0 saturated heterocycles. The maximum Gasteiger partial charge on any atom is 0.161 e. The van der Waals surface area contributed by atoms with E-state index in [4.69, 9.17) is 9.47 Å². The van der Waals surface area contributed by atoms with Crippen molar-refractivity contribution in [1.29, 1.82) is 0 Å². The fourth-order valence-electron chi connectivity index (χ4n) is 2.62. The molecule has 3 aromatic carbocycles. The Morgan fingerprint density at radius 1 is 0.583 bits per heavy atom. The number of ether oxygens (including phenoxy) is 2. The summed E-state index contributed by atoms with van der Waals surface area (Å²) in [6, 6.07) is 16.1. The zero-order valence-corrected chi connectivity index (χ0v) is 13.3. The molecule has 0 aliphatic rings. The van der Waals surface area contributed by atoms with E-state index in [1.807, 2.05) is 12.1 Å². The molecule has 2 nitrogen and oxygen atoms in total. The summed E-state index contributed by atoms with van der Waals surface area (Å²) >= 11 is 0. The van der Waals surface area contributed by atoms with Gasteiger partial charge in [-0.15, -0.1) is 0 Å². The van der Waals surface area contributed by atoms with E-state index in [1.165, 1.54) is 24.3 Å². The van der Waals surface area contributed by atoms with Gasteiger partial charge in [0.25, 0.3) is 0 Å². The Kier molecular flexibility index (Phi) is 4.47. The smallest absolute Gasteiger partial charge is 0.161 e. The Labute approximate surface area is 139 Å². The number of benzene rings is 3. The molecule has 0 fully saturated rings. The van der Waals surface area contributed by atoms with E-state index in [2.05, 4.69) is 0 Å². The number of rotatable bonds is 4. The molecule has 0 aliphatic carbocycles. The summed E-state index contributed by atoms with van der Waals surface area (Å²) < 4.78 is 37.2. The zero-order chi connectivity index (χ0) is 17.1. The quantitative estimate of drug-likeness (QED) is 0.646. The van der Waals surface area contributed by atoms with Crippen molar-refractivity contribution in [3.05, 3.63) is 72.3 Å². The van der Waals surface area contributed by atoms with Crippen LogP contribution >= 0.6 is 0 Å². The van der Waals surface area contributed by atoms with E-state index >= 15 is 0 Å². The summed E-state index contributed by atoms with van der Waals surface area (Å²) in [5.74, 6) is 0.537. The first-order valence-corrected chi connectivity index (χ1v) is 7.40. The van der Waals surface area contributed by atoms with Gasteiger partial charge in [-0.05, 0) is 58.7 Å². The molecule has 0 radical (unpaired) electrons. The molecule has 24 heavy (non-hydrogen) atoms. The lowest BCUT2D eigenvalue weighted by molar-refractivity contribution is 0.355. The molecule has 0 N–H and O–H groups in total. The molecule has 0 bridgehead atoms. The van der Waals surface area contributed by atoms with Gasteiger partial charge in [0.2, 0.25) is 0 Å². The maximum absolute atomic E-state index is 13.2. The molecule has 122 valence electrons. The molecule has 0 spiro atoms. The highest BCUT2D eigenvalue weighted by atomic mass is 19.1. The van der Waals surface area contributed by atoms with Crippen molar-refractivity contribution >= 4 is 0 Å². The van der Waals surface area contributed by atoms with Crippen LogP contribution in [0.15, 0.2) is 60.7 Å². The van der Waals surface area contributed by atoms with Gasteiger partial charge in [-0.2, -0.15) is 0 Å². The first-order valence-electron chi connectivity index (χ1n) is 7.40. The van der Waals surface area contributed by atoms with Crippen molar-refractivity contribution in [2.45, 2.75) is 0 Å². The van der Waals surface area contributed by atoms with E-state index < -0.39 is 0 Å². The van der Waals surface area contributed by atoms with Crippen molar-refractivity contribution in [2.24, 2.45) is 0 Å². The second-order valence-corrected chi connectivity index (χ2v) is 5.27. The normalized spacial score (nSPS) is 10.5. The Hall–Kier alpha value is -2.88. The molecule has 0 heterocycles. The number of methoxy groups -OCH3 is 2. The van der Waals surface area contributed by atoms with Crippen LogP contribution in [-0.4, -0.2) is 14.2 Å². The molecular weight excluding hydrogens is 310 g/mol. The second-order valence-electron chi connectivity index (χ2n) is 5.27. The number of halogens is 2. The van der Waals surface area contributed by atoms with Crippen LogP contribution in [-0.2, 0) is 0 Å². The molecule has 0 amide bonds. The third kappa shape index (κ3) is 3.08. The molecule has 3 rings (SSSR count). The zero-order valence-electron chi connectivity index (χ0n) is 13.3. The van der Waals surface area contributed by atoms with E-state index in [0.717, 1.165) is 22.3 Å². The molecule has 3 aromatic rings. The van der Waals surface area contributed by atoms with Crippen molar-refractivity contribution in [3.8, 4) is 33.8 Å². The summed E-state index contributed by atoms with van der Waals surface area (Å²) in [4.78, 5) is 0. The average Bonchev–Trinajstić information content (AvgIpc) is 2.62. The van der Waals surface area contributed by atoms with Gasteiger partial charge >= 0.3 is 0 Å². The van der Waals surface area contributed by atoms with Crippen LogP contribution in [0.5, 0.6) is 11.5 Å². The van der Waals surface area contributed by atoms with Gasteiger partial charge in [0, 0.05) is 0 Å². The highest BCUT2D eigenvalue weighted by Gasteiger charge is 2.14. The molecule has 0 atom stereocenters. The van der Waals surface area contributed by atoms with Gasteiger partial charge in [0.15, 0.2) is 11.5 Å². The fourth-order valence-corrected chi connectivity index (χ4v) is 2.62. The number of hydrogen-bond acceptors (Lipinski definition) is 2. The van der Waals surface area contributed by atoms with E-state index in [-0.39, 0.29) is 11.6 Å². The molecule has 0 unspecified atom stereocenters. The van der Waals surface area contributed by atoms with Crippen LogP contribution in [0.3, 0.4) is 0 Å². The lowest BCUT2D eigenvalue weighted by Gasteiger charge is -2.15. The van der Waals surface area contributed by atoms with Gasteiger partial charge in [0.05, 0.1) is 14.2 Å². The largest absolute Gasteiger partial charge is 0.493 e. The predicted octanol–water partition coefficient (Wildman–Crippen LogP) is 5.32. The lowest BCUT2D eigenvalue weighted by atomic mass is 9.94. The molecule has 4 heteroatoms. The van der Waals surface area contributed by atoms with E-state index in [0.29, 0.717) is 11.5 Å². The standard InChI is InChI=1S/C20H16F2O2/c1-23-19-11-17(13-3-7-15(21)8-4-13)18(12-20(19)24-2)14-5-9-16(22)10-6-14/h3-12H,1-2H3. The Morgan fingerprint density at radius 3 is 1.21 bits per heavy atom. The topological polar surface area (TPSA) is 18.5 Å². The highest BCUT2D eigenvalue weighted by molar-refractivity contribution is 5.86. The third-order valence-corrected chi connectivity index (χ3v) is 3.83. The summed E-state index contributed by atoms with van der Waals surface area (Å²) in [6.45, 7) is 0. The minimum atomic E-state index is -0.303. The second kappa shape index (κ2) is 6.71. The van der Waals surface area contributed by atoms with Gasteiger partial charge < -0.3 is 9.47 Å². The summed E-state index contributed by atoms with van der Waals surface area (Å²) in [6.07, 6.45) is 0. The molecule has 0 aromatic heterocycles. The third-order valence-electron chi connectivity index (χ3n) is 3.83. The molecule has 0 aliphatic heterocycles. The van der Waals surface area contributed by atoms with Gasteiger partial charge in [-0.3, -0.25) is 0 Å². The van der Waals surface area contributed by atoms with Crippen LogP contribution in [0.2, 0.25) is 0 Å². The minimum Gasteiger partial charge on any atom is -0.493 e. The summed E-state index contributed by atoms with van der Waals surface area (Å²) in [5, 5.41) is 0. The van der Waals surface area contributed by atoms with Crippen LogP contribution in [0.1, 0.15) is 0 Å². The molecular formula is C20H16F2O2. The van der Waals surface area contributed by atoms with Crippen LogP contribution in [0.25, 0.3) is 22.3 Å². The van der Waals surface area contributed by atoms with Crippen molar-refractivity contribution < 1.29 is 18.3 Å². The first-order chi connectivity index (χ1) is 11.6. The SMILES string of the molecule is COc1cc(-c2ccc(F)cc2)c(-c2ccc(F)cc2)cc1OC. The minimum absolute atomic E-state index is 0.303. The Balaban J connectivity index is 2.24. The van der Waals surface area contributed by atoms with Crippen LogP contribution < -0.4 is 9.47 Å². The van der Waals surface area contributed by atoms with Crippen molar-refractivity contribution in [1.82, 2.24) is 0 Å². The van der Waals surface area contributed by atoms with Gasteiger partial charge in [-0.1, -0.05) is 24.3 Å². The van der Waals surface area contributed by atoms with E-state index in [9.17, 15) is 8.78 Å². The van der Waals surface area contributed by atoms with Gasteiger partial charge in [-0.25, -0.2) is 8.78 Å². The molecule has 0 saturated carbocycles. The lowest BCUT2D eigenvalue weighted by Crippen LogP contribution is -1.94. The van der Waals surface area contributed by atoms with Crippen molar-refractivity contribution in [3.63, 3.8) is 0 Å². The Morgan fingerprint density at radius 2 is 0.917 bits per heavy atom. The highest BCUT2D eigenvalue weighted by Crippen LogP contribution is 2.40. The summed E-state index contributed by atoms with van der Waals surface area (Å²) in [7, 11) is 3.12. The average molecular weight is 326 g/mol. The van der Waals surface area contributed by atoms with Gasteiger partial charge in [0.1, 0.15) is 11.6 Å². The maximum atomic E-state index is 13.2.